The fraction of sp³-hybridized carbons (Fsp3) is 0.833. The average Bonchev–Trinajstić information content (AvgIpc) is 1.89. The quantitative estimate of drug-likeness (QED) is 0.449. The molecule has 0 aliphatic carbocycles. The van der Waals surface area contributed by atoms with Gasteiger partial charge < -0.3 is 5.32 Å². The average molecular weight is 241 g/mol. The molecule has 0 aliphatic rings. The summed E-state index contributed by atoms with van der Waals surface area (Å²) in [5, 5.41) is 2.58. The van der Waals surface area contributed by atoms with Gasteiger partial charge in [0.1, 0.15) is 0 Å². The van der Waals surface area contributed by atoms with Crippen LogP contribution in [-0.4, -0.2) is 17.4 Å². The summed E-state index contributed by atoms with van der Waals surface area (Å²) in [4.78, 5) is 10.6. The van der Waals surface area contributed by atoms with Gasteiger partial charge in [0.15, 0.2) is 0 Å². The van der Waals surface area contributed by atoms with E-state index in [1.54, 1.807) is 7.05 Å². The van der Waals surface area contributed by atoms with Crippen LogP contribution in [0.2, 0.25) is 0 Å². The predicted octanol–water partition coefficient (Wildman–Crippen LogP) is 1.34. The van der Waals surface area contributed by atoms with Crippen molar-refractivity contribution in [3.63, 3.8) is 0 Å². The molecular weight excluding hydrogens is 229 g/mol. The molecule has 1 N–H and O–H groups in total. The van der Waals surface area contributed by atoms with Crippen LogP contribution in [0.4, 0.5) is 0 Å². The molecule has 0 aromatic rings. The van der Waals surface area contributed by atoms with Crippen molar-refractivity contribution >= 4 is 28.5 Å². The Hall–Kier alpha value is 0.200. The normalized spacial score (nSPS) is 9.11. The van der Waals surface area contributed by atoms with Crippen LogP contribution in [0.3, 0.4) is 0 Å². The zero-order valence-electron chi connectivity index (χ0n) is 5.61. The Morgan fingerprint density at radius 1 is 1.56 bits per heavy atom. The molecule has 0 aliphatic heterocycles. The molecule has 1 amide bonds. The first-order valence-electron chi connectivity index (χ1n) is 3.07. The summed E-state index contributed by atoms with van der Waals surface area (Å²) in [6.07, 6.45) is 2.84. The molecule has 3 heteroatoms. The number of unbranched alkanes of at least 4 members (excludes halogenated alkanes) is 1. The standard InChI is InChI=1S/C6H12INO/c1-8-6(9)4-2-3-5-7/h2-5H2,1H3,(H,8,9). The molecule has 9 heavy (non-hydrogen) atoms. The summed E-state index contributed by atoms with van der Waals surface area (Å²) in [5.41, 5.74) is 0. The minimum Gasteiger partial charge on any atom is -0.359 e. The van der Waals surface area contributed by atoms with Gasteiger partial charge in [-0.25, -0.2) is 0 Å². The van der Waals surface area contributed by atoms with Crippen molar-refractivity contribution in [3.8, 4) is 0 Å². The van der Waals surface area contributed by atoms with Crippen molar-refractivity contribution in [1.82, 2.24) is 5.32 Å². The van der Waals surface area contributed by atoms with Crippen LogP contribution in [-0.2, 0) is 4.79 Å². The fourth-order valence-electron chi connectivity index (χ4n) is 0.505. The zero-order chi connectivity index (χ0) is 7.11. The summed E-state index contributed by atoms with van der Waals surface area (Å²) in [6, 6.07) is 0. The molecular formula is C6H12INO. The Morgan fingerprint density at radius 2 is 2.22 bits per heavy atom. The van der Waals surface area contributed by atoms with Gasteiger partial charge in [-0.15, -0.1) is 0 Å². The number of amides is 1. The second kappa shape index (κ2) is 6.32. The van der Waals surface area contributed by atoms with Crippen molar-refractivity contribution in [3.05, 3.63) is 0 Å². The van der Waals surface area contributed by atoms with E-state index >= 15 is 0 Å². The van der Waals surface area contributed by atoms with Gasteiger partial charge in [0, 0.05) is 13.5 Å². The van der Waals surface area contributed by atoms with Crippen LogP contribution in [0.1, 0.15) is 19.3 Å². The first-order chi connectivity index (χ1) is 4.31. The smallest absolute Gasteiger partial charge is 0.219 e. The first kappa shape index (κ1) is 9.20. The van der Waals surface area contributed by atoms with E-state index in [2.05, 4.69) is 27.9 Å². The number of halogens is 1. The maximum absolute atomic E-state index is 10.6. The highest BCUT2D eigenvalue weighted by atomic mass is 127. The second-order valence-electron chi connectivity index (χ2n) is 1.82. The monoisotopic (exact) mass is 241 g/mol. The Labute approximate surface area is 69.5 Å². The molecule has 0 radical (unpaired) electrons. The molecule has 2 nitrogen and oxygen atoms in total. The van der Waals surface area contributed by atoms with Crippen LogP contribution < -0.4 is 5.32 Å². The van der Waals surface area contributed by atoms with E-state index < -0.39 is 0 Å². The lowest BCUT2D eigenvalue weighted by Crippen LogP contribution is -2.16. The Kier molecular flexibility index (Phi) is 6.46. The molecule has 0 aromatic carbocycles. The number of hydrogen-bond donors (Lipinski definition) is 1. The van der Waals surface area contributed by atoms with Gasteiger partial charge in [-0.2, -0.15) is 0 Å². The first-order valence-corrected chi connectivity index (χ1v) is 4.60. The third-order valence-electron chi connectivity index (χ3n) is 1.07. The molecule has 0 atom stereocenters. The third-order valence-corrected chi connectivity index (χ3v) is 1.83. The Morgan fingerprint density at radius 3 is 2.67 bits per heavy atom. The number of alkyl halides is 1. The van der Waals surface area contributed by atoms with Gasteiger partial charge in [0.05, 0.1) is 0 Å². The van der Waals surface area contributed by atoms with Crippen molar-refractivity contribution in [2.75, 3.05) is 11.5 Å². The minimum absolute atomic E-state index is 0.153. The summed E-state index contributed by atoms with van der Waals surface area (Å²) in [5.74, 6) is 0.153. The van der Waals surface area contributed by atoms with Crippen molar-refractivity contribution in [2.24, 2.45) is 0 Å². The molecule has 0 saturated heterocycles. The number of carbonyl (C=O) groups is 1. The number of rotatable bonds is 4. The summed E-state index contributed by atoms with van der Waals surface area (Å²) in [7, 11) is 1.67. The maximum atomic E-state index is 10.6. The van der Waals surface area contributed by atoms with Crippen LogP contribution in [0.5, 0.6) is 0 Å². The SMILES string of the molecule is CNC(=O)CCCCI. The van der Waals surface area contributed by atoms with Crippen LogP contribution in [0, 0.1) is 0 Å². The lowest BCUT2D eigenvalue weighted by molar-refractivity contribution is -0.120. The number of carbonyl (C=O) groups excluding carboxylic acids is 1. The maximum Gasteiger partial charge on any atom is 0.219 e. The zero-order valence-corrected chi connectivity index (χ0v) is 7.77. The summed E-state index contributed by atoms with van der Waals surface area (Å²) >= 11 is 2.31. The summed E-state index contributed by atoms with van der Waals surface area (Å²) < 4.78 is 1.15. The largest absolute Gasteiger partial charge is 0.359 e. The van der Waals surface area contributed by atoms with Crippen LogP contribution >= 0.6 is 22.6 Å². The molecule has 54 valence electrons. The number of nitrogens with one attached hydrogen (secondary N) is 1. The van der Waals surface area contributed by atoms with Gasteiger partial charge in [0.2, 0.25) is 5.91 Å². The van der Waals surface area contributed by atoms with E-state index in [1.807, 2.05) is 0 Å². The minimum atomic E-state index is 0.153. The van der Waals surface area contributed by atoms with E-state index in [-0.39, 0.29) is 5.91 Å². The summed E-state index contributed by atoms with van der Waals surface area (Å²) in [6.45, 7) is 0. The lowest BCUT2D eigenvalue weighted by atomic mass is 10.2. The van der Waals surface area contributed by atoms with Crippen LogP contribution in [0.15, 0.2) is 0 Å². The van der Waals surface area contributed by atoms with Gasteiger partial charge in [0.25, 0.3) is 0 Å². The molecule has 0 rings (SSSR count). The van der Waals surface area contributed by atoms with E-state index in [0.29, 0.717) is 6.42 Å². The number of hydrogen-bond acceptors (Lipinski definition) is 1. The Bertz CT molecular complexity index is 85.1. The molecule has 0 spiro atoms. The van der Waals surface area contributed by atoms with Crippen molar-refractivity contribution in [2.45, 2.75) is 19.3 Å². The highest BCUT2D eigenvalue weighted by Gasteiger charge is 1.94. The predicted molar refractivity (Wildman–Crippen MR) is 46.8 cm³/mol. The van der Waals surface area contributed by atoms with E-state index in [9.17, 15) is 4.79 Å². The van der Waals surface area contributed by atoms with Crippen molar-refractivity contribution in [1.29, 1.82) is 0 Å². The van der Waals surface area contributed by atoms with E-state index in [1.165, 1.54) is 0 Å². The fourth-order valence-corrected chi connectivity index (χ4v) is 1.04. The molecule has 0 saturated carbocycles. The molecule has 0 bridgehead atoms. The lowest BCUT2D eigenvalue weighted by Gasteiger charge is -1.95. The Balaban J connectivity index is 2.97. The molecule has 0 unspecified atom stereocenters. The molecule has 0 heterocycles. The topological polar surface area (TPSA) is 29.1 Å². The van der Waals surface area contributed by atoms with Gasteiger partial charge >= 0.3 is 0 Å². The van der Waals surface area contributed by atoms with Gasteiger partial charge in [-0.05, 0) is 17.3 Å². The van der Waals surface area contributed by atoms with E-state index in [0.717, 1.165) is 17.3 Å². The van der Waals surface area contributed by atoms with Crippen molar-refractivity contribution < 1.29 is 4.79 Å². The third kappa shape index (κ3) is 6.08. The van der Waals surface area contributed by atoms with E-state index in [4.69, 9.17) is 0 Å². The molecule has 0 fully saturated rings. The second-order valence-corrected chi connectivity index (χ2v) is 2.90. The highest BCUT2D eigenvalue weighted by molar-refractivity contribution is 14.1. The van der Waals surface area contributed by atoms with Gasteiger partial charge in [-0.1, -0.05) is 22.6 Å². The highest BCUT2D eigenvalue weighted by Crippen LogP contribution is 1.97. The van der Waals surface area contributed by atoms with Gasteiger partial charge in [-0.3, -0.25) is 4.79 Å². The molecule has 0 aromatic heterocycles. The van der Waals surface area contributed by atoms with Crippen LogP contribution in [0.25, 0.3) is 0 Å².